The quantitative estimate of drug-likeness (QED) is 0.792. The smallest absolute Gasteiger partial charge is 0.260 e. The predicted molar refractivity (Wildman–Crippen MR) is 76.3 cm³/mol. The number of hydrogen-bond acceptors (Lipinski definition) is 3. The summed E-state index contributed by atoms with van der Waals surface area (Å²) in [5.41, 5.74) is 1.20. The molecule has 2 saturated heterocycles. The van der Waals surface area contributed by atoms with E-state index in [0.29, 0.717) is 16.9 Å². The number of benzene rings is 1. The zero-order valence-corrected chi connectivity index (χ0v) is 11.9. The van der Waals surface area contributed by atoms with Gasteiger partial charge in [-0.15, -0.1) is 0 Å². The minimum absolute atomic E-state index is 0.0268. The highest BCUT2D eigenvalue weighted by Gasteiger charge is 2.37. The Hall–Kier alpha value is -2.04. The predicted octanol–water partition coefficient (Wildman–Crippen LogP) is 1.88. The molecule has 0 aliphatic carbocycles. The minimum atomic E-state index is -0.151. The van der Waals surface area contributed by atoms with Gasteiger partial charge in [-0.3, -0.25) is 9.59 Å². The first-order chi connectivity index (χ1) is 10.2. The monoisotopic (exact) mass is 286 g/mol. The van der Waals surface area contributed by atoms with Crippen molar-refractivity contribution in [1.82, 2.24) is 9.80 Å². The molecule has 2 fully saturated rings. The van der Waals surface area contributed by atoms with Crippen LogP contribution in [0, 0.1) is 0 Å². The Morgan fingerprint density at radius 2 is 1.95 bits per heavy atom. The Kier molecular flexibility index (Phi) is 2.87. The van der Waals surface area contributed by atoms with Gasteiger partial charge in [0.2, 0.25) is 0 Å². The number of likely N-dealkylation sites (tertiary alicyclic amines) is 1. The van der Waals surface area contributed by atoms with Gasteiger partial charge in [-0.2, -0.15) is 0 Å². The number of hydrogen-bond donors (Lipinski definition) is 0. The number of carbonyl (C=O) groups is 2. The third kappa shape index (κ3) is 1.99. The molecule has 0 spiro atoms. The van der Waals surface area contributed by atoms with Crippen LogP contribution >= 0.6 is 0 Å². The molecule has 5 heteroatoms. The lowest BCUT2D eigenvalue weighted by atomic mass is 10.1. The molecule has 0 saturated carbocycles. The molecule has 0 bridgehead atoms. The Balaban J connectivity index is 1.65. The summed E-state index contributed by atoms with van der Waals surface area (Å²) >= 11 is 0. The molecule has 1 atom stereocenters. The van der Waals surface area contributed by atoms with Crippen LogP contribution in [0.1, 0.15) is 46.4 Å². The molecule has 3 aliphatic heterocycles. The molecular weight excluding hydrogens is 268 g/mol. The molecule has 0 N–H and O–H groups in total. The van der Waals surface area contributed by atoms with Crippen LogP contribution in [-0.4, -0.2) is 47.5 Å². The number of ether oxygens (including phenoxy) is 1. The van der Waals surface area contributed by atoms with E-state index in [-0.39, 0.29) is 18.0 Å². The van der Waals surface area contributed by atoms with E-state index in [9.17, 15) is 9.59 Å². The number of nitrogens with zero attached hydrogens (tertiary/aromatic N) is 2. The second-order valence-electron chi connectivity index (χ2n) is 5.92. The van der Waals surface area contributed by atoms with Crippen molar-refractivity contribution in [2.24, 2.45) is 0 Å². The maximum Gasteiger partial charge on any atom is 0.260 e. The second kappa shape index (κ2) is 4.76. The van der Waals surface area contributed by atoms with Gasteiger partial charge in [0.25, 0.3) is 11.8 Å². The lowest BCUT2D eigenvalue weighted by Crippen LogP contribution is -2.43. The van der Waals surface area contributed by atoms with Crippen molar-refractivity contribution in [3.8, 4) is 5.75 Å². The molecular formula is C16H18N2O3. The van der Waals surface area contributed by atoms with Gasteiger partial charge in [-0.25, -0.2) is 0 Å². The number of fused-ring (bicyclic) bond motifs is 2. The highest BCUT2D eigenvalue weighted by molar-refractivity contribution is 6.01. The molecule has 5 nitrogen and oxygen atoms in total. The number of rotatable bonds is 1. The summed E-state index contributed by atoms with van der Waals surface area (Å²) in [6.07, 6.45) is 3.84. The number of carbonyl (C=O) groups excluding carboxylic acids is 2. The van der Waals surface area contributed by atoms with Gasteiger partial charge in [-0.05, 0) is 37.5 Å². The fourth-order valence-corrected chi connectivity index (χ4v) is 3.42. The van der Waals surface area contributed by atoms with E-state index in [1.807, 2.05) is 4.90 Å². The van der Waals surface area contributed by atoms with Crippen LogP contribution in [0.15, 0.2) is 18.2 Å². The highest BCUT2D eigenvalue weighted by atomic mass is 16.5. The van der Waals surface area contributed by atoms with Gasteiger partial charge in [-0.1, -0.05) is 0 Å². The van der Waals surface area contributed by atoms with Crippen molar-refractivity contribution in [3.63, 3.8) is 0 Å². The van der Waals surface area contributed by atoms with E-state index in [0.717, 1.165) is 45.3 Å². The van der Waals surface area contributed by atoms with E-state index in [1.54, 1.807) is 23.1 Å². The molecule has 4 rings (SSSR count). The van der Waals surface area contributed by atoms with Gasteiger partial charge >= 0.3 is 0 Å². The SMILES string of the molecule is O=C(c1ccc2c(c1)OC1CCCN1C2=O)N1CCCC1. The summed E-state index contributed by atoms with van der Waals surface area (Å²) < 4.78 is 5.91. The molecule has 2 amide bonds. The van der Waals surface area contributed by atoms with Gasteiger partial charge in [0, 0.05) is 31.6 Å². The molecule has 110 valence electrons. The van der Waals surface area contributed by atoms with E-state index in [4.69, 9.17) is 4.74 Å². The first-order valence-electron chi connectivity index (χ1n) is 7.65. The van der Waals surface area contributed by atoms with E-state index in [1.165, 1.54) is 0 Å². The average Bonchev–Trinajstić information content (AvgIpc) is 3.17. The van der Waals surface area contributed by atoms with Gasteiger partial charge in [0.1, 0.15) is 5.75 Å². The highest BCUT2D eigenvalue weighted by Crippen LogP contribution is 2.33. The minimum Gasteiger partial charge on any atom is -0.470 e. The van der Waals surface area contributed by atoms with Crippen LogP contribution < -0.4 is 4.74 Å². The topological polar surface area (TPSA) is 49.9 Å². The first-order valence-corrected chi connectivity index (χ1v) is 7.65. The van der Waals surface area contributed by atoms with Crippen LogP contribution in [0.5, 0.6) is 5.75 Å². The molecule has 3 aliphatic rings. The van der Waals surface area contributed by atoms with E-state index < -0.39 is 0 Å². The van der Waals surface area contributed by atoms with Crippen molar-refractivity contribution in [2.75, 3.05) is 19.6 Å². The molecule has 21 heavy (non-hydrogen) atoms. The summed E-state index contributed by atoms with van der Waals surface area (Å²) in [5.74, 6) is 0.632. The van der Waals surface area contributed by atoms with Crippen LogP contribution in [0.25, 0.3) is 0 Å². The fraction of sp³-hybridized carbons (Fsp3) is 0.500. The van der Waals surface area contributed by atoms with Gasteiger partial charge in [0.15, 0.2) is 6.23 Å². The average molecular weight is 286 g/mol. The van der Waals surface area contributed by atoms with E-state index >= 15 is 0 Å². The maximum atomic E-state index is 12.4. The van der Waals surface area contributed by atoms with E-state index in [2.05, 4.69) is 0 Å². The fourth-order valence-electron chi connectivity index (χ4n) is 3.42. The Morgan fingerprint density at radius 3 is 2.76 bits per heavy atom. The summed E-state index contributed by atoms with van der Waals surface area (Å²) in [6.45, 7) is 2.41. The lowest BCUT2D eigenvalue weighted by molar-refractivity contribution is 0.0292. The summed E-state index contributed by atoms with van der Waals surface area (Å²) in [5, 5.41) is 0. The zero-order valence-electron chi connectivity index (χ0n) is 11.9. The molecule has 1 unspecified atom stereocenters. The zero-order chi connectivity index (χ0) is 14.4. The van der Waals surface area contributed by atoms with Crippen molar-refractivity contribution < 1.29 is 14.3 Å². The van der Waals surface area contributed by atoms with Gasteiger partial charge < -0.3 is 14.5 Å². The third-order valence-electron chi connectivity index (χ3n) is 4.57. The first kappa shape index (κ1) is 12.7. The molecule has 1 aromatic carbocycles. The second-order valence-corrected chi connectivity index (χ2v) is 5.92. The Morgan fingerprint density at radius 1 is 1.14 bits per heavy atom. The van der Waals surface area contributed by atoms with Crippen molar-refractivity contribution in [2.45, 2.75) is 31.9 Å². The van der Waals surface area contributed by atoms with Gasteiger partial charge in [0.05, 0.1) is 5.56 Å². The molecule has 0 aromatic heterocycles. The molecule has 3 heterocycles. The Labute approximate surface area is 123 Å². The van der Waals surface area contributed by atoms with Crippen molar-refractivity contribution in [3.05, 3.63) is 29.3 Å². The van der Waals surface area contributed by atoms with Crippen LogP contribution in [-0.2, 0) is 0 Å². The summed E-state index contributed by atoms with van der Waals surface area (Å²) in [6, 6.07) is 5.22. The standard InChI is InChI=1S/C16H18N2O3/c19-15(17-7-1-2-8-17)11-5-6-12-13(10-11)21-14-4-3-9-18(14)16(12)20/h5-6,10,14H,1-4,7-9H2. The molecule has 0 radical (unpaired) electrons. The van der Waals surface area contributed by atoms with Crippen molar-refractivity contribution >= 4 is 11.8 Å². The number of amides is 2. The maximum absolute atomic E-state index is 12.4. The van der Waals surface area contributed by atoms with Crippen LogP contribution in [0.4, 0.5) is 0 Å². The largest absolute Gasteiger partial charge is 0.470 e. The summed E-state index contributed by atoms with van der Waals surface area (Å²) in [4.78, 5) is 28.5. The normalized spacial score (nSPS) is 23.8. The Bertz CT molecular complexity index is 608. The van der Waals surface area contributed by atoms with Crippen LogP contribution in [0.2, 0.25) is 0 Å². The lowest BCUT2D eigenvalue weighted by Gasteiger charge is -2.31. The third-order valence-corrected chi connectivity index (χ3v) is 4.57. The van der Waals surface area contributed by atoms with Crippen LogP contribution in [0.3, 0.4) is 0 Å². The molecule has 1 aromatic rings. The summed E-state index contributed by atoms with van der Waals surface area (Å²) in [7, 11) is 0. The van der Waals surface area contributed by atoms with Crippen molar-refractivity contribution in [1.29, 1.82) is 0 Å².